The fourth-order valence-electron chi connectivity index (χ4n) is 2.96. The zero-order valence-electron chi connectivity index (χ0n) is 13.2. The lowest BCUT2D eigenvalue weighted by Gasteiger charge is -2.19. The Balaban J connectivity index is 1.86. The van der Waals surface area contributed by atoms with Crippen LogP contribution in [0.2, 0.25) is 0 Å². The highest BCUT2D eigenvalue weighted by atomic mass is 16.5. The number of rotatable bonds is 5. The van der Waals surface area contributed by atoms with Crippen LogP contribution in [0, 0.1) is 13.8 Å². The average molecular weight is 276 g/mol. The van der Waals surface area contributed by atoms with Crippen LogP contribution in [-0.4, -0.2) is 44.7 Å². The van der Waals surface area contributed by atoms with Crippen LogP contribution >= 0.6 is 0 Å². The van der Waals surface area contributed by atoms with Crippen molar-refractivity contribution in [3.8, 4) is 5.75 Å². The maximum absolute atomic E-state index is 5.38. The van der Waals surface area contributed by atoms with Gasteiger partial charge in [0.15, 0.2) is 0 Å². The molecule has 1 saturated heterocycles. The van der Waals surface area contributed by atoms with Gasteiger partial charge < -0.3 is 15.0 Å². The molecule has 3 heteroatoms. The van der Waals surface area contributed by atoms with Gasteiger partial charge in [0.05, 0.1) is 7.11 Å². The minimum Gasteiger partial charge on any atom is -0.496 e. The molecule has 0 amide bonds. The molecule has 0 unspecified atom stereocenters. The second kappa shape index (κ2) is 7.65. The Kier molecular flexibility index (Phi) is 5.86. The molecule has 0 bridgehead atoms. The lowest BCUT2D eigenvalue weighted by atomic mass is 9.99. The quantitative estimate of drug-likeness (QED) is 0.894. The van der Waals surface area contributed by atoms with Gasteiger partial charge in [0, 0.05) is 13.1 Å². The molecule has 1 aromatic rings. The minimum atomic E-state index is 1.00. The van der Waals surface area contributed by atoms with Crippen LogP contribution in [0.4, 0.5) is 0 Å². The molecule has 1 aromatic carbocycles. The van der Waals surface area contributed by atoms with Gasteiger partial charge >= 0.3 is 0 Å². The Hall–Kier alpha value is -1.06. The standard InChI is InChI=1S/C17H28N2O/c1-14-15(2)17(20-3)8-7-16(14)6-4-11-19-12-5-9-18-10-13-19/h7-8,18H,4-6,9-13H2,1-3H3. The van der Waals surface area contributed by atoms with E-state index >= 15 is 0 Å². The van der Waals surface area contributed by atoms with Crippen LogP contribution in [0.5, 0.6) is 5.75 Å². The van der Waals surface area contributed by atoms with Gasteiger partial charge in [-0.2, -0.15) is 0 Å². The molecule has 3 nitrogen and oxygen atoms in total. The number of nitrogens with zero attached hydrogens (tertiary/aromatic N) is 1. The first kappa shape index (κ1) is 15.3. The van der Waals surface area contributed by atoms with Crippen molar-refractivity contribution in [2.24, 2.45) is 0 Å². The predicted octanol–water partition coefficient (Wildman–Crippen LogP) is 2.54. The van der Waals surface area contributed by atoms with Crippen LogP contribution in [-0.2, 0) is 6.42 Å². The molecule has 0 aliphatic carbocycles. The average Bonchev–Trinajstić information content (AvgIpc) is 2.72. The third-order valence-electron chi connectivity index (χ3n) is 4.42. The van der Waals surface area contributed by atoms with Crippen LogP contribution in [0.15, 0.2) is 12.1 Å². The van der Waals surface area contributed by atoms with Crippen molar-refractivity contribution in [3.05, 3.63) is 28.8 Å². The van der Waals surface area contributed by atoms with Crippen molar-refractivity contribution in [2.45, 2.75) is 33.1 Å². The van der Waals surface area contributed by atoms with E-state index < -0.39 is 0 Å². The molecule has 112 valence electrons. The number of hydrogen-bond acceptors (Lipinski definition) is 3. The van der Waals surface area contributed by atoms with Crippen LogP contribution in [0.25, 0.3) is 0 Å². The zero-order valence-corrected chi connectivity index (χ0v) is 13.2. The molecule has 0 radical (unpaired) electrons. The largest absolute Gasteiger partial charge is 0.496 e. The second-order valence-electron chi connectivity index (χ2n) is 5.73. The summed E-state index contributed by atoms with van der Waals surface area (Å²) in [5.41, 5.74) is 4.14. The van der Waals surface area contributed by atoms with E-state index in [0.29, 0.717) is 0 Å². The molecule has 1 aliphatic rings. The Morgan fingerprint density at radius 2 is 2.00 bits per heavy atom. The van der Waals surface area contributed by atoms with Crippen molar-refractivity contribution in [1.82, 2.24) is 10.2 Å². The molecule has 0 atom stereocenters. The first-order valence-corrected chi connectivity index (χ1v) is 7.78. The van der Waals surface area contributed by atoms with Crippen LogP contribution in [0.3, 0.4) is 0 Å². The van der Waals surface area contributed by atoms with E-state index in [9.17, 15) is 0 Å². The molecule has 1 fully saturated rings. The summed E-state index contributed by atoms with van der Waals surface area (Å²) in [4.78, 5) is 2.59. The Morgan fingerprint density at radius 1 is 1.15 bits per heavy atom. The van der Waals surface area contributed by atoms with Crippen LogP contribution in [0.1, 0.15) is 29.5 Å². The van der Waals surface area contributed by atoms with Gasteiger partial charge in [0.1, 0.15) is 5.75 Å². The molecule has 20 heavy (non-hydrogen) atoms. The second-order valence-corrected chi connectivity index (χ2v) is 5.73. The molecule has 1 heterocycles. The number of aryl methyl sites for hydroxylation is 1. The lowest BCUT2D eigenvalue weighted by molar-refractivity contribution is 0.289. The summed E-state index contributed by atoms with van der Waals surface area (Å²) in [5.74, 6) is 1.00. The number of ether oxygens (including phenoxy) is 1. The fraction of sp³-hybridized carbons (Fsp3) is 0.647. The molecule has 0 aromatic heterocycles. The first-order valence-electron chi connectivity index (χ1n) is 7.78. The molecular formula is C17H28N2O. The molecule has 0 saturated carbocycles. The minimum absolute atomic E-state index is 1.00. The van der Waals surface area contributed by atoms with Crippen molar-refractivity contribution >= 4 is 0 Å². The topological polar surface area (TPSA) is 24.5 Å². The summed E-state index contributed by atoms with van der Waals surface area (Å²) >= 11 is 0. The fourth-order valence-corrected chi connectivity index (χ4v) is 2.96. The van der Waals surface area contributed by atoms with E-state index in [1.54, 1.807) is 7.11 Å². The Bertz CT molecular complexity index is 423. The van der Waals surface area contributed by atoms with E-state index in [-0.39, 0.29) is 0 Å². The maximum atomic E-state index is 5.38. The van der Waals surface area contributed by atoms with Gasteiger partial charge in [-0.05, 0) is 75.5 Å². The monoisotopic (exact) mass is 276 g/mol. The highest BCUT2D eigenvalue weighted by molar-refractivity contribution is 5.43. The van der Waals surface area contributed by atoms with Crippen molar-refractivity contribution in [2.75, 3.05) is 39.8 Å². The van der Waals surface area contributed by atoms with Crippen molar-refractivity contribution < 1.29 is 4.74 Å². The summed E-state index contributed by atoms with van der Waals surface area (Å²) in [5, 5.41) is 3.46. The van der Waals surface area contributed by atoms with Gasteiger partial charge in [0.25, 0.3) is 0 Å². The summed E-state index contributed by atoms with van der Waals surface area (Å²) in [7, 11) is 1.74. The number of hydrogen-bond donors (Lipinski definition) is 1. The molecule has 1 N–H and O–H groups in total. The molecule has 2 rings (SSSR count). The predicted molar refractivity (Wildman–Crippen MR) is 84.7 cm³/mol. The van der Waals surface area contributed by atoms with E-state index in [0.717, 1.165) is 12.3 Å². The van der Waals surface area contributed by atoms with Gasteiger partial charge in [-0.1, -0.05) is 6.07 Å². The number of benzene rings is 1. The normalized spacial score (nSPS) is 16.9. The summed E-state index contributed by atoms with van der Waals surface area (Å²) in [6.45, 7) is 10.3. The third-order valence-corrected chi connectivity index (χ3v) is 4.42. The summed E-state index contributed by atoms with van der Waals surface area (Å²) in [6.07, 6.45) is 3.69. The zero-order chi connectivity index (χ0) is 14.4. The Morgan fingerprint density at radius 3 is 2.80 bits per heavy atom. The van der Waals surface area contributed by atoms with Gasteiger partial charge in [-0.15, -0.1) is 0 Å². The Labute approximate surface area is 123 Å². The molecule has 0 spiro atoms. The lowest BCUT2D eigenvalue weighted by Crippen LogP contribution is -2.29. The van der Waals surface area contributed by atoms with Crippen LogP contribution < -0.4 is 10.1 Å². The van der Waals surface area contributed by atoms with Gasteiger partial charge in [0.2, 0.25) is 0 Å². The van der Waals surface area contributed by atoms with E-state index in [2.05, 4.69) is 36.2 Å². The SMILES string of the molecule is COc1ccc(CCCN2CCCNCC2)c(C)c1C. The maximum Gasteiger partial charge on any atom is 0.122 e. The smallest absolute Gasteiger partial charge is 0.122 e. The number of methoxy groups -OCH3 is 1. The highest BCUT2D eigenvalue weighted by Gasteiger charge is 2.10. The number of nitrogens with one attached hydrogen (secondary N) is 1. The van der Waals surface area contributed by atoms with Gasteiger partial charge in [-0.25, -0.2) is 0 Å². The summed E-state index contributed by atoms with van der Waals surface area (Å²) < 4.78 is 5.38. The molecule has 1 aliphatic heterocycles. The highest BCUT2D eigenvalue weighted by Crippen LogP contribution is 2.24. The van der Waals surface area contributed by atoms with E-state index in [4.69, 9.17) is 4.74 Å². The third kappa shape index (κ3) is 3.97. The van der Waals surface area contributed by atoms with Gasteiger partial charge in [-0.3, -0.25) is 0 Å². The van der Waals surface area contributed by atoms with Crippen molar-refractivity contribution in [3.63, 3.8) is 0 Å². The van der Waals surface area contributed by atoms with E-state index in [1.807, 2.05) is 0 Å². The molecular weight excluding hydrogens is 248 g/mol. The van der Waals surface area contributed by atoms with Crippen molar-refractivity contribution in [1.29, 1.82) is 0 Å². The first-order chi connectivity index (χ1) is 9.72. The summed E-state index contributed by atoms with van der Waals surface area (Å²) in [6, 6.07) is 4.33. The van der Waals surface area contributed by atoms with E-state index in [1.165, 1.54) is 62.1 Å².